The number of aryl methyl sites for hydroxylation is 1. The Morgan fingerprint density at radius 2 is 1.83 bits per heavy atom. The number of phenols is 2. The van der Waals surface area contributed by atoms with Crippen LogP contribution in [-0.2, 0) is 17.6 Å². The fourth-order valence-corrected chi connectivity index (χ4v) is 2.31. The summed E-state index contributed by atoms with van der Waals surface area (Å²) in [7, 11) is 1.48. The highest BCUT2D eigenvalue weighted by molar-refractivity contribution is 5.78. The standard InChI is InChI=1S/C18H21NO4/c1-12-9-13(3-5-15(12)20)7-8-19-18(22)11-14-4-6-17(23-2)16(21)10-14/h3-6,9-10,20-21H,7-8,11H2,1-2H3,(H,19,22). The molecule has 2 rings (SSSR count). The number of aromatic hydroxyl groups is 2. The molecule has 0 saturated carbocycles. The van der Waals surface area contributed by atoms with Crippen molar-refractivity contribution in [1.29, 1.82) is 0 Å². The van der Waals surface area contributed by atoms with Crippen LogP contribution in [-0.4, -0.2) is 29.8 Å². The summed E-state index contributed by atoms with van der Waals surface area (Å²) < 4.78 is 4.97. The van der Waals surface area contributed by atoms with Gasteiger partial charge in [-0.1, -0.05) is 18.2 Å². The van der Waals surface area contributed by atoms with Gasteiger partial charge < -0.3 is 20.3 Å². The smallest absolute Gasteiger partial charge is 0.224 e. The van der Waals surface area contributed by atoms with Gasteiger partial charge in [0.15, 0.2) is 11.5 Å². The summed E-state index contributed by atoms with van der Waals surface area (Å²) in [5.74, 6) is 0.580. The molecule has 0 heterocycles. The molecule has 2 aromatic rings. The second-order valence-corrected chi connectivity index (χ2v) is 5.40. The summed E-state index contributed by atoms with van der Waals surface area (Å²) in [6.07, 6.45) is 0.896. The molecule has 0 atom stereocenters. The van der Waals surface area contributed by atoms with Crippen LogP contribution in [0.1, 0.15) is 16.7 Å². The van der Waals surface area contributed by atoms with Gasteiger partial charge in [-0.3, -0.25) is 4.79 Å². The van der Waals surface area contributed by atoms with Gasteiger partial charge >= 0.3 is 0 Å². The summed E-state index contributed by atoms with van der Waals surface area (Å²) in [4.78, 5) is 11.9. The molecule has 0 fully saturated rings. The molecule has 0 aliphatic carbocycles. The van der Waals surface area contributed by atoms with Crippen LogP contribution >= 0.6 is 0 Å². The lowest BCUT2D eigenvalue weighted by Crippen LogP contribution is -2.27. The van der Waals surface area contributed by atoms with E-state index in [1.807, 2.05) is 19.1 Å². The molecule has 0 aliphatic rings. The van der Waals surface area contributed by atoms with Crippen molar-refractivity contribution in [2.24, 2.45) is 0 Å². The van der Waals surface area contributed by atoms with E-state index in [0.717, 1.165) is 16.7 Å². The number of rotatable bonds is 6. The number of methoxy groups -OCH3 is 1. The van der Waals surface area contributed by atoms with Crippen molar-refractivity contribution in [2.45, 2.75) is 19.8 Å². The third kappa shape index (κ3) is 4.64. The van der Waals surface area contributed by atoms with Crippen LogP contribution in [0.2, 0.25) is 0 Å². The first kappa shape index (κ1) is 16.7. The van der Waals surface area contributed by atoms with E-state index in [9.17, 15) is 15.0 Å². The van der Waals surface area contributed by atoms with Crippen molar-refractivity contribution in [3.8, 4) is 17.2 Å². The highest BCUT2D eigenvalue weighted by atomic mass is 16.5. The van der Waals surface area contributed by atoms with Crippen LogP contribution in [0.5, 0.6) is 17.2 Å². The molecule has 2 aromatic carbocycles. The monoisotopic (exact) mass is 315 g/mol. The number of amides is 1. The van der Waals surface area contributed by atoms with Gasteiger partial charge in [0.25, 0.3) is 0 Å². The van der Waals surface area contributed by atoms with E-state index in [4.69, 9.17) is 4.74 Å². The lowest BCUT2D eigenvalue weighted by molar-refractivity contribution is -0.120. The zero-order valence-electron chi connectivity index (χ0n) is 13.3. The van der Waals surface area contributed by atoms with E-state index < -0.39 is 0 Å². The second-order valence-electron chi connectivity index (χ2n) is 5.40. The van der Waals surface area contributed by atoms with Gasteiger partial charge in [0.2, 0.25) is 5.91 Å². The van der Waals surface area contributed by atoms with Crippen molar-refractivity contribution < 1.29 is 19.7 Å². The minimum absolute atomic E-state index is 0.0253. The van der Waals surface area contributed by atoms with Crippen LogP contribution in [0.4, 0.5) is 0 Å². The van der Waals surface area contributed by atoms with Crippen molar-refractivity contribution in [3.63, 3.8) is 0 Å². The summed E-state index contributed by atoms with van der Waals surface area (Å²) in [5, 5.41) is 22.0. The topological polar surface area (TPSA) is 78.8 Å². The molecule has 0 saturated heterocycles. The number of phenolic OH excluding ortho intramolecular Hbond substituents is 2. The normalized spacial score (nSPS) is 10.3. The summed E-state index contributed by atoms with van der Waals surface area (Å²) in [5.41, 5.74) is 2.60. The first-order chi connectivity index (χ1) is 11.0. The lowest BCUT2D eigenvalue weighted by atomic mass is 10.1. The minimum atomic E-state index is -0.106. The molecule has 0 aliphatic heterocycles. The van der Waals surface area contributed by atoms with E-state index in [2.05, 4.69) is 5.32 Å². The van der Waals surface area contributed by atoms with Crippen LogP contribution < -0.4 is 10.1 Å². The SMILES string of the molecule is COc1ccc(CC(=O)NCCc2ccc(O)c(C)c2)cc1O. The fourth-order valence-electron chi connectivity index (χ4n) is 2.31. The first-order valence-electron chi connectivity index (χ1n) is 7.40. The zero-order chi connectivity index (χ0) is 16.8. The zero-order valence-corrected chi connectivity index (χ0v) is 13.3. The molecule has 122 valence electrons. The Hall–Kier alpha value is -2.69. The average molecular weight is 315 g/mol. The van der Waals surface area contributed by atoms with Gasteiger partial charge in [0.1, 0.15) is 5.75 Å². The molecule has 5 nitrogen and oxygen atoms in total. The maximum atomic E-state index is 11.9. The number of carbonyl (C=O) groups excluding carboxylic acids is 1. The number of ether oxygens (including phenoxy) is 1. The molecule has 3 N–H and O–H groups in total. The maximum absolute atomic E-state index is 11.9. The highest BCUT2D eigenvalue weighted by Crippen LogP contribution is 2.26. The molecule has 1 amide bonds. The van der Waals surface area contributed by atoms with Crippen molar-refractivity contribution in [2.75, 3.05) is 13.7 Å². The lowest BCUT2D eigenvalue weighted by Gasteiger charge is -2.08. The van der Waals surface area contributed by atoms with Gasteiger partial charge in [-0.15, -0.1) is 0 Å². The summed E-state index contributed by atoms with van der Waals surface area (Å²) >= 11 is 0. The Balaban J connectivity index is 1.83. The molecule has 5 heteroatoms. The van der Waals surface area contributed by atoms with Gasteiger partial charge in [-0.05, 0) is 48.2 Å². The molecular formula is C18H21NO4. The number of hydrogen-bond donors (Lipinski definition) is 3. The van der Waals surface area contributed by atoms with E-state index in [1.165, 1.54) is 13.2 Å². The van der Waals surface area contributed by atoms with E-state index in [1.54, 1.807) is 18.2 Å². The van der Waals surface area contributed by atoms with Crippen molar-refractivity contribution in [3.05, 3.63) is 53.1 Å². The molecule has 0 unspecified atom stereocenters. The first-order valence-corrected chi connectivity index (χ1v) is 7.40. The van der Waals surface area contributed by atoms with E-state index in [0.29, 0.717) is 18.7 Å². The molecule has 23 heavy (non-hydrogen) atoms. The van der Waals surface area contributed by atoms with E-state index in [-0.39, 0.29) is 23.8 Å². The largest absolute Gasteiger partial charge is 0.508 e. The molecule has 0 aromatic heterocycles. The number of carbonyl (C=O) groups is 1. The van der Waals surface area contributed by atoms with Crippen molar-refractivity contribution in [1.82, 2.24) is 5.32 Å². The molecule has 0 radical (unpaired) electrons. The van der Waals surface area contributed by atoms with Crippen LogP contribution in [0.15, 0.2) is 36.4 Å². The van der Waals surface area contributed by atoms with Crippen molar-refractivity contribution >= 4 is 5.91 Å². The number of nitrogens with one attached hydrogen (secondary N) is 1. The minimum Gasteiger partial charge on any atom is -0.508 e. The summed E-state index contributed by atoms with van der Waals surface area (Å²) in [6, 6.07) is 10.3. The predicted molar refractivity (Wildman–Crippen MR) is 87.9 cm³/mol. The Morgan fingerprint density at radius 3 is 2.48 bits per heavy atom. The average Bonchev–Trinajstić information content (AvgIpc) is 2.51. The fraction of sp³-hybridized carbons (Fsp3) is 0.278. The molecule has 0 spiro atoms. The van der Waals surface area contributed by atoms with Gasteiger partial charge in [-0.25, -0.2) is 0 Å². The Kier molecular flexibility index (Phi) is 5.46. The van der Waals surface area contributed by atoms with Crippen LogP contribution in [0, 0.1) is 6.92 Å². The van der Waals surface area contributed by atoms with Gasteiger partial charge in [0.05, 0.1) is 13.5 Å². The van der Waals surface area contributed by atoms with Crippen LogP contribution in [0.3, 0.4) is 0 Å². The quantitative estimate of drug-likeness (QED) is 0.764. The number of hydrogen-bond acceptors (Lipinski definition) is 4. The predicted octanol–water partition coefficient (Wildman–Crippen LogP) is 2.32. The summed E-state index contributed by atoms with van der Waals surface area (Å²) in [6.45, 7) is 2.36. The highest BCUT2D eigenvalue weighted by Gasteiger charge is 2.07. The third-order valence-corrected chi connectivity index (χ3v) is 3.60. The number of benzene rings is 2. The Labute approximate surface area is 135 Å². The Morgan fingerprint density at radius 1 is 1.09 bits per heavy atom. The third-order valence-electron chi connectivity index (χ3n) is 3.60. The van der Waals surface area contributed by atoms with Crippen LogP contribution in [0.25, 0.3) is 0 Å². The van der Waals surface area contributed by atoms with Gasteiger partial charge in [0, 0.05) is 6.54 Å². The van der Waals surface area contributed by atoms with E-state index >= 15 is 0 Å². The molecular weight excluding hydrogens is 294 g/mol. The van der Waals surface area contributed by atoms with Gasteiger partial charge in [-0.2, -0.15) is 0 Å². The second kappa shape index (κ2) is 7.54. The Bertz CT molecular complexity index is 697. The molecule has 0 bridgehead atoms. The maximum Gasteiger partial charge on any atom is 0.224 e.